The third kappa shape index (κ3) is 3.27. The van der Waals surface area contributed by atoms with Gasteiger partial charge in [-0.05, 0) is 6.92 Å². The molecule has 0 spiro atoms. The van der Waals surface area contributed by atoms with E-state index in [0.29, 0.717) is 6.54 Å². The maximum absolute atomic E-state index is 12.2. The van der Waals surface area contributed by atoms with Crippen LogP contribution in [0, 0.1) is 0 Å². The number of hydrogen-bond acceptors (Lipinski definition) is 3. The Bertz CT molecular complexity index is 402. The lowest BCUT2D eigenvalue weighted by atomic mass is 10.5. The van der Waals surface area contributed by atoms with Crippen LogP contribution in [-0.4, -0.2) is 31.5 Å². The van der Waals surface area contributed by atoms with E-state index in [1.54, 1.807) is 6.92 Å². The Hall–Kier alpha value is -0.440. The fourth-order valence-corrected chi connectivity index (χ4v) is 2.29. The molecule has 1 N–H and O–H groups in total. The molecule has 16 heavy (non-hydrogen) atoms. The van der Waals surface area contributed by atoms with E-state index in [4.69, 9.17) is 0 Å². The van der Waals surface area contributed by atoms with Crippen molar-refractivity contribution in [3.05, 3.63) is 10.5 Å². The van der Waals surface area contributed by atoms with Crippen molar-refractivity contribution in [2.24, 2.45) is 0 Å². The molecule has 0 radical (unpaired) electrons. The van der Waals surface area contributed by atoms with Gasteiger partial charge < -0.3 is 0 Å². The first-order valence-corrected chi connectivity index (χ1v) is 6.25. The Morgan fingerprint density at radius 2 is 2.25 bits per heavy atom. The summed E-state index contributed by atoms with van der Waals surface area (Å²) in [6.45, 7) is 2.09. The molecule has 0 fully saturated rings. The highest BCUT2D eigenvalue weighted by atomic mass is 79.9. The summed E-state index contributed by atoms with van der Waals surface area (Å²) in [5.74, 6) is -0.228. The van der Waals surface area contributed by atoms with Gasteiger partial charge in [0.15, 0.2) is 5.16 Å². The van der Waals surface area contributed by atoms with Gasteiger partial charge in [-0.15, -0.1) is 5.10 Å². The third-order valence-corrected chi connectivity index (χ3v) is 4.09. The number of rotatable bonds is 4. The van der Waals surface area contributed by atoms with Gasteiger partial charge in [-0.1, -0.05) is 27.7 Å². The number of hydrogen-bond donors (Lipinski definition) is 1. The molecule has 4 nitrogen and oxygen atoms in total. The molecule has 0 aromatic carbocycles. The lowest BCUT2D eigenvalue weighted by Crippen LogP contribution is -2.25. The number of nitrogens with zero attached hydrogens (tertiary/aromatic N) is 2. The van der Waals surface area contributed by atoms with E-state index in [9.17, 15) is 18.0 Å². The maximum atomic E-state index is 12.2. The zero-order valence-electron chi connectivity index (χ0n) is 8.21. The van der Waals surface area contributed by atoms with E-state index >= 15 is 0 Å². The van der Waals surface area contributed by atoms with Crippen molar-refractivity contribution < 1.29 is 13.2 Å². The molecule has 0 saturated carbocycles. The molecule has 1 aromatic rings. The fourth-order valence-electron chi connectivity index (χ4n) is 0.934. The summed E-state index contributed by atoms with van der Waals surface area (Å²) in [6, 6.07) is 0. The normalized spacial score (nSPS) is 14.1. The van der Waals surface area contributed by atoms with Crippen molar-refractivity contribution in [3.8, 4) is 0 Å². The Morgan fingerprint density at radius 1 is 1.62 bits per heavy atom. The molecule has 1 unspecified atom stereocenters. The van der Waals surface area contributed by atoms with Crippen LogP contribution in [-0.2, 0) is 6.54 Å². The number of halogens is 4. The summed E-state index contributed by atoms with van der Waals surface area (Å²) < 4.78 is 37.8. The number of H-pyrrole nitrogens is 1. The van der Waals surface area contributed by atoms with Crippen molar-refractivity contribution in [1.82, 2.24) is 14.8 Å². The van der Waals surface area contributed by atoms with Gasteiger partial charge >= 0.3 is 11.9 Å². The van der Waals surface area contributed by atoms with E-state index in [1.165, 1.54) is 4.57 Å². The van der Waals surface area contributed by atoms with Crippen LogP contribution in [0.1, 0.15) is 6.92 Å². The molecular formula is C7H9BrF3N3OS. The number of alkyl halides is 4. The highest BCUT2D eigenvalue weighted by molar-refractivity contribution is 9.09. The molecule has 1 atom stereocenters. The summed E-state index contributed by atoms with van der Waals surface area (Å²) in [5.41, 5.74) is -0.414. The third-order valence-electron chi connectivity index (χ3n) is 1.75. The van der Waals surface area contributed by atoms with Gasteiger partial charge in [0.2, 0.25) is 0 Å². The lowest BCUT2D eigenvalue weighted by molar-refractivity contribution is -0.122. The SMILES string of the molecule is CCn1c(SCC(Br)C(F)(F)F)n[nH]c1=O. The van der Waals surface area contributed by atoms with E-state index in [1.807, 2.05) is 0 Å². The molecule has 92 valence electrons. The molecule has 1 heterocycles. The van der Waals surface area contributed by atoms with E-state index in [0.717, 1.165) is 11.8 Å². The highest BCUT2D eigenvalue weighted by Crippen LogP contribution is 2.30. The van der Waals surface area contributed by atoms with Crippen molar-refractivity contribution in [2.45, 2.75) is 29.6 Å². The van der Waals surface area contributed by atoms with Gasteiger partial charge in [-0.2, -0.15) is 13.2 Å². The fraction of sp³-hybridized carbons (Fsp3) is 0.714. The summed E-state index contributed by atoms with van der Waals surface area (Å²) in [6.07, 6.45) is -4.29. The summed E-state index contributed by atoms with van der Waals surface area (Å²) in [5, 5.41) is 6.10. The van der Waals surface area contributed by atoms with Gasteiger partial charge in [0.1, 0.15) is 4.83 Å². The van der Waals surface area contributed by atoms with Gasteiger partial charge in [0.25, 0.3) is 0 Å². The zero-order valence-corrected chi connectivity index (χ0v) is 10.6. The summed E-state index contributed by atoms with van der Waals surface area (Å²) in [7, 11) is 0. The van der Waals surface area contributed by atoms with Crippen molar-refractivity contribution in [1.29, 1.82) is 0 Å². The average Bonchev–Trinajstić information content (AvgIpc) is 2.54. The van der Waals surface area contributed by atoms with Crippen LogP contribution in [0.5, 0.6) is 0 Å². The first kappa shape index (κ1) is 13.6. The first-order valence-electron chi connectivity index (χ1n) is 4.35. The summed E-state index contributed by atoms with van der Waals surface area (Å²) in [4.78, 5) is 9.50. The van der Waals surface area contributed by atoms with Crippen molar-refractivity contribution >= 4 is 27.7 Å². The van der Waals surface area contributed by atoms with E-state index in [2.05, 4.69) is 26.1 Å². The summed E-state index contributed by atoms with van der Waals surface area (Å²) >= 11 is 3.42. The molecule has 0 bridgehead atoms. The first-order chi connectivity index (χ1) is 7.36. The predicted octanol–water partition coefficient (Wildman–Crippen LogP) is 2.01. The van der Waals surface area contributed by atoms with Crippen LogP contribution in [0.25, 0.3) is 0 Å². The number of nitrogens with one attached hydrogen (secondary N) is 1. The Morgan fingerprint density at radius 3 is 2.75 bits per heavy atom. The standard InChI is InChI=1S/C7H9BrF3N3OS/c1-2-14-5(15)12-13-6(14)16-3-4(8)7(9,10)11/h4H,2-3H2,1H3,(H,12,15). The molecular weight excluding hydrogens is 311 g/mol. The van der Waals surface area contributed by atoms with Crippen LogP contribution < -0.4 is 5.69 Å². The maximum Gasteiger partial charge on any atom is 0.402 e. The van der Waals surface area contributed by atoms with Crippen LogP contribution in [0.2, 0.25) is 0 Å². The molecule has 0 amide bonds. The minimum Gasteiger partial charge on any atom is -0.270 e. The smallest absolute Gasteiger partial charge is 0.270 e. The highest BCUT2D eigenvalue weighted by Gasteiger charge is 2.37. The van der Waals surface area contributed by atoms with Gasteiger partial charge in [-0.3, -0.25) is 4.57 Å². The minimum absolute atomic E-state index is 0.228. The Labute approximate surface area is 102 Å². The number of aromatic amines is 1. The largest absolute Gasteiger partial charge is 0.402 e. The minimum atomic E-state index is -4.29. The van der Waals surface area contributed by atoms with Gasteiger partial charge in [-0.25, -0.2) is 9.89 Å². The second-order valence-corrected chi connectivity index (χ2v) is 4.97. The van der Waals surface area contributed by atoms with Crippen LogP contribution in [0.4, 0.5) is 13.2 Å². The predicted molar refractivity (Wildman–Crippen MR) is 58.0 cm³/mol. The monoisotopic (exact) mass is 319 g/mol. The topological polar surface area (TPSA) is 50.7 Å². The quantitative estimate of drug-likeness (QED) is 0.682. The van der Waals surface area contributed by atoms with E-state index < -0.39 is 16.7 Å². The molecule has 0 aliphatic heterocycles. The second-order valence-electron chi connectivity index (χ2n) is 2.88. The lowest BCUT2D eigenvalue weighted by Gasteiger charge is -2.12. The zero-order chi connectivity index (χ0) is 12.3. The van der Waals surface area contributed by atoms with Crippen LogP contribution >= 0.6 is 27.7 Å². The number of thioether (sulfide) groups is 1. The molecule has 1 aromatic heterocycles. The van der Waals surface area contributed by atoms with Crippen LogP contribution in [0.15, 0.2) is 9.95 Å². The Kier molecular flexibility index (Phi) is 4.48. The van der Waals surface area contributed by atoms with Crippen LogP contribution in [0.3, 0.4) is 0 Å². The molecule has 1 rings (SSSR count). The van der Waals surface area contributed by atoms with Crippen molar-refractivity contribution in [3.63, 3.8) is 0 Å². The molecule has 0 aliphatic carbocycles. The van der Waals surface area contributed by atoms with E-state index in [-0.39, 0.29) is 10.9 Å². The average molecular weight is 320 g/mol. The molecule has 0 saturated heterocycles. The number of aromatic nitrogens is 3. The molecule has 9 heteroatoms. The second kappa shape index (κ2) is 5.26. The molecule has 0 aliphatic rings. The van der Waals surface area contributed by atoms with Crippen molar-refractivity contribution in [2.75, 3.05) is 5.75 Å². The Balaban J connectivity index is 2.65. The van der Waals surface area contributed by atoms with Gasteiger partial charge in [0, 0.05) is 12.3 Å². The van der Waals surface area contributed by atoms with Gasteiger partial charge in [0.05, 0.1) is 0 Å².